The largest absolute Gasteiger partial charge is 0.462 e. The molecule has 1 aliphatic rings. The van der Waals surface area contributed by atoms with Crippen molar-refractivity contribution in [1.29, 1.82) is 0 Å². The molecule has 1 heterocycles. The molecule has 1 fully saturated rings. The topological polar surface area (TPSA) is 110 Å². The number of rotatable bonds is 7. The minimum Gasteiger partial charge on any atom is -0.462 e. The number of nitrogens with zero attached hydrogens (tertiary/aromatic N) is 2. The molecule has 0 aromatic heterocycles. The Labute approximate surface area is 176 Å². The van der Waals surface area contributed by atoms with E-state index in [0.29, 0.717) is 43.9 Å². The zero-order valence-electron chi connectivity index (χ0n) is 16.8. The van der Waals surface area contributed by atoms with Gasteiger partial charge in [0.25, 0.3) is 0 Å². The summed E-state index contributed by atoms with van der Waals surface area (Å²) in [6, 6.07) is 12.9. The third-order valence-corrected chi connectivity index (χ3v) is 6.87. The average molecular weight is 432 g/mol. The molecule has 9 heteroatoms. The lowest BCUT2D eigenvalue weighted by molar-refractivity contribution is 0.0526. The van der Waals surface area contributed by atoms with Crippen LogP contribution in [0.1, 0.15) is 33.2 Å². The number of primary amides is 1. The van der Waals surface area contributed by atoms with Gasteiger partial charge in [-0.2, -0.15) is 4.31 Å². The van der Waals surface area contributed by atoms with Crippen molar-refractivity contribution in [2.75, 3.05) is 32.8 Å². The molecular weight excluding hydrogens is 406 g/mol. The lowest BCUT2D eigenvalue weighted by Gasteiger charge is -2.34. The lowest BCUT2D eigenvalue weighted by Crippen LogP contribution is -2.48. The van der Waals surface area contributed by atoms with E-state index in [0.717, 1.165) is 5.56 Å². The van der Waals surface area contributed by atoms with Gasteiger partial charge >= 0.3 is 5.97 Å². The highest BCUT2D eigenvalue weighted by molar-refractivity contribution is 7.89. The maximum atomic E-state index is 12.9. The van der Waals surface area contributed by atoms with Gasteiger partial charge in [-0.15, -0.1) is 0 Å². The Morgan fingerprint density at radius 2 is 1.67 bits per heavy atom. The molecule has 0 bridgehead atoms. The predicted molar refractivity (Wildman–Crippen MR) is 111 cm³/mol. The number of nitrogens with two attached hydrogens (primary N) is 1. The zero-order valence-corrected chi connectivity index (χ0v) is 17.6. The highest BCUT2D eigenvalue weighted by Crippen LogP contribution is 2.19. The maximum absolute atomic E-state index is 12.9. The van der Waals surface area contributed by atoms with E-state index in [1.165, 1.54) is 28.6 Å². The molecule has 1 aliphatic heterocycles. The molecule has 0 aliphatic carbocycles. The molecule has 3 rings (SSSR count). The van der Waals surface area contributed by atoms with Crippen LogP contribution in [0.4, 0.5) is 0 Å². The van der Waals surface area contributed by atoms with Crippen molar-refractivity contribution in [1.82, 2.24) is 9.21 Å². The van der Waals surface area contributed by atoms with Crippen LogP contribution in [0.3, 0.4) is 0 Å². The summed E-state index contributed by atoms with van der Waals surface area (Å²) in [4.78, 5) is 25.4. The summed E-state index contributed by atoms with van der Waals surface area (Å²) in [7, 11) is -3.64. The number of ether oxygens (including phenoxy) is 1. The number of carbonyl (C=O) groups excluding carboxylic acids is 2. The van der Waals surface area contributed by atoms with Gasteiger partial charge in [-0.1, -0.05) is 12.1 Å². The van der Waals surface area contributed by atoms with Crippen LogP contribution in [0, 0.1) is 0 Å². The molecule has 2 N–H and O–H groups in total. The van der Waals surface area contributed by atoms with Crippen LogP contribution in [0.2, 0.25) is 0 Å². The first kappa shape index (κ1) is 21.9. The first-order valence-electron chi connectivity index (χ1n) is 9.69. The van der Waals surface area contributed by atoms with Gasteiger partial charge in [0.1, 0.15) is 0 Å². The van der Waals surface area contributed by atoms with Gasteiger partial charge in [-0.05, 0) is 48.9 Å². The average Bonchev–Trinajstić information content (AvgIpc) is 2.74. The molecule has 0 radical (unpaired) electrons. The molecular formula is C21H25N3O5S. The Morgan fingerprint density at radius 3 is 2.27 bits per heavy atom. The van der Waals surface area contributed by atoms with Crippen molar-refractivity contribution in [3.05, 3.63) is 65.2 Å². The summed E-state index contributed by atoms with van der Waals surface area (Å²) in [5.74, 6) is -0.947. The molecule has 1 saturated heterocycles. The Bertz CT molecular complexity index is 1010. The number of hydrogen-bond acceptors (Lipinski definition) is 6. The smallest absolute Gasteiger partial charge is 0.338 e. The first-order valence-corrected chi connectivity index (χ1v) is 11.1. The van der Waals surface area contributed by atoms with Crippen LogP contribution < -0.4 is 5.73 Å². The van der Waals surface area contributed by atoms with E-state index in [9.17, 15) is 18.0 Å². The number of hydrogen-bond donors (Lipinski definition) is 1. The van der Waals surface area contributed by atoms with Crippen LogP contribution in [-0.2, 0) is 21.3 Å². The Hall–Kier alpha value is -2.75. The number of piperazine rings is 1. The highest BCUT2D eigenvalue weighted by atomic mass is 32.2. The van der Waals surface area contributed by atoms with Gasteiger partial charge in [0, 0.05) is 38.3 Å². The van der Waals surface area contributed by atoms with E-state index in [1.54, 1.807) is 25.1 Å². The predicted octanol–water partition coefficient (Wildman–Crippen LogP) is 1.47. The highest BCUT2D eigenvalue weighted by Gasteiger charge is 2.28. The number of benzene rings is 2. The summed E-state index contributed by atoms with van der Waals surface area (Å²) < 4.78 is 32.2. The third kappa shape index (κ3) is 5.05. The summed E-state index contributed by atoms with van der Waals surface area (Å²) in [6.45, 7) is 4.45. The Kier molecular flexibility index (Phi) is 6.86. The fourth-order valence-corrected chi connectivity index (χ4v) is 4.76. The van der Waals surface area contributed by atoms with Crippen LogP contribution in [0.25, 0.3) is 0 Å². The minimum atomic E-state index is -3.64. The van der Waals surface area contributed by atoms with Gasteiger partial charge in [-0.3, -0.25) is 9.69 Å². The van der Waals surface area contributed by atoms with Gasteiger partial charge in [0.05, 0.1) is 17.1 Å². The second-order valence-electron chi connectivity index (χ2n) is 6.99. The van der Waals surface area contributed by atoms with Crippen molar-refractivity contribution in [3.8, 4) is 0 Å². The molecule has 2 aromatic carbocycles. The van der Waals surface area contributed by atoms with Gasteiger partial charge < -0.3 is 10.5 Å². The SMILES string of the molecule is CCOC(=O)c1ccc(S(=O)(=O)N2CCN(Cc3cccc(C(N)=O)c3)CC2)cc1. The van der Waals surface area contributed by atoms with Crippen molar-refractivity contribution in [2.45, 2.75) is 18.4 Å². The summed E-state index contributed by atoms with van der Waals surface area (Å²) in [6.07, 6.45) is 0. The Balaban J connectivity index is 1.61. The first-order chi connectivity index (χ1) is 14.3. The van der Waals surface area contributed by atoms with Gasteiger partial charge in [-0.25, -0.2) is 13.2 Å². The molecule has 0 atom stereocenters. The van der Waals surface area contributed by atoms with E-state index >= 15 is 0 Å². The number of amides is 1. The van der Waals surface area contributed by atoms with E-state index < -0.39 is 21.9 Å². The molecule has 8 nitrogen and oxygen atoms in total. The monoisotopic (exact) mass is 431 g/mol. The molecule has 160 valence electrons. The summed E-state index contributed by atoms with van der Waals surface area (Å²) in [5, 5.41) is 0. The summed E-state index contributed by atoms with van der Waals surface area (Å²) >= 11 is 0. The zero-order chi connectivity index (χ0) is 21.7. The number of esters is 1. The summed E-state index contributed by atoms with van der Waals surface area (Å²) in [5.41, 5.74) is 7.06. The third-order valence-electron chi connectivity index (χ3n) is 4.95. The van der Waals surface area contributed by atoms with Crippen molar-refractivity contribution < 1.29 is 22.7 Å². The van der Waals surface area contributed by atoms with Crippen molar-refractivity contribution in [3.63, 3.8) is 0 Å². The fourth-order valence-electron chi connectivity index (χ4n) is 3.34. The molecule has 30 heavy (non-hydrogen) atoms. The molecule has 0 unspecified atom stereocenters. The van der Waals surface area contributed by atoms with Crippen LogP contribution >= 0.6 is 0 Å². The van der Waals surface area contributed by atoms with Crippen LogP contribution in [0.5, 0.6) is 0 Å². The van der Waals surface area contributed by atoms with Crippen LogP contribution in [-0.4, -0.2) is 62.3 Å². The molecule has 0 spiro atoms. The van der Waals surface area contributed by atoms with E-state index in [4.69, 9.17) is 10.5 Å². The van der Waals surface area contributed by atoms with Gasteiger partial charge in [0.2, 0.25) is 15.9 Å². The maximum Gasteiger partial charge on any atom is 0.338 e. The molecule has 2 aromatic rings. The molecule has 1 amide bonds. The number of carbonyl (C=O) groups is 2. The molecule has 0 saturated carbocycles. The minimum absolute atomic E-state index is 0.151. The van der Waals surface area contributed by atoms with Crippen LogP contribution in [0.15, 0.2) is 53.4 Å². The lowest BCUT2D eigenvalue weighted by atomic mass is 10.1. The quantitative estimate of drug-likeness (QED) is 0.665. The van der Waals surface area contributed by atoms with Crippen molar-refractivity contribution in [2.24, 2.45) is 5.73 Å². The van der Waals surface area contributed by atoms with Gasteiger partial charge in [0.15, 0.2) is 0 Å². The van der Waals surface area contributed by atoms with E-state index in [2.05, 4.69) is 4.90 Å². The second-order valence-corrected chi connectivity index (χ2v) is 8.93. The van der Waals surface area contributed by atoms with E-state index in [1.807, 2.05) is 6.07 Å². The Morgan fingerprint density at radius 1 is 1.00 bits per heavy atom. The van der Waals surface area contributed by atoms with Crippen molar-refractivity contribution >= 4 is 21.9 Å². The van der Waals surface area contributed by atoms with E-state index in [-0.39, 0.29) is 11.5 Å². The fraction of sp³-hybridized carbons (Fsp3) is 0.333. The standard InChI is InChI=1S/C21H25N3O5S/c1-2-29-21(26)17-6-8-19(9-7-17)30(27,28)24-12-10-23(11-13-24)15-16-4-3-5-18(14-16)20(22)25/h3-9,14H,2,10-13,15H2,1H3,(H2,22,25). The normalized spacial score (nSPS) is 15.6. The number of sulfonamides is 1. The second kappa shape index (κ2) is 9.38.